The molecule has 27 heavy (non-hydrogen) atoms. The predicted molar refractivity (Wildman–Crippen MR) is 103 cm³/mol. The molecule has 3 heterocycles. The van der Waals surface area contributed by atoms with Crippen molar-refractivity contribution >= 4 is 17.5 Å². The lowest BCUT2D eigenvalue weighted by atomic mass is 10.1. The average molecular weight is 385 g/mol. The summed E-state index contributed by atoms with van der Waals surface area (Å²) in [4.78, 5) is 19.4. The van der Waals surface area contributed by atoms with Crippen LogP contribution in [-0.4, -0.2) is 49.8 Å². The van der Waals surface area contributed by atoms with Crippen LogP contribution in [0, 0.1) is 0 Å². The van der Waals surface area contributed by atoms with Crippen molar-refractivity contribution in [3.63, 3.8) is 0 Å². The summed E-state index contributed by atoms with van der Waals surface area (Å²) in [6, 6.07) is 7.54. The van der Waals surface area contributed by atoms with Gasteiger partial charge in [0.15, 0.2) is 0 Å². The quantitative estimate of drug-likeness (QED) is 0.748. The Hall–Kier alpha value is -2.64. The molecule has 8 heteroatoms. The second-order valence-corrected chi connectivity index (χ2v) is 7.04. The van der Waals surface area contributed by atoms with Gasteiger partial charge in [0, 0.05) is 50.3 Å². The zero-order valence-electron chi connectivity index (χ0n) is 15.0. The second-order valence-electron chi connectivity index (χ2n) is 6.63. The van der Waals surface area contributed by atoms with E-state index in [0.717, 1.165) is 17.9 Å². The summed E-state index contributed by atoms with van der Waals surface area (Å²) in [7, 11) is 1.95. The first-order chi connectivity index (χ1) is 13.1. The summed E-state index contributed by atoms with van der Waals surface area (Å²) in [6.07, 6.45) is 7.06. The number of hydrogen-bond acceptors (Lipinski definition) is 4. The normalized spacial score (nSPS) is 17.3. The number of rotatable bonds is 4. The summed E-state index contributed by atoms with van der Waals surface area (Å²) in [5.41, 5.74) is 1.54. The molecule has 3 aromatic rings. The molecular formula is C19H21ClN6O. The topological polar surface area (TPSA) is 68.0 Å². The highest BCUT2D eigenvalue weighted by Gasteiger charge is 2.31. The van der Waals surface area contributed by atoms with E-state index in [4.69, 9.17) is 11.6 Å². The Morgan fingerprint density at radius 3 is 3.00 bits per heavy atom. The maximum Gasteiger partial charge on any atom is 0.257 e. The third-order valence-electron chi connectivity index (χ3n) is 4.83. The van der Waals surface area contributed by atoms with Crippen LogP contribution in [0.4, 0.5) is 0 Å². The van der Waals surface area contributed by atoms with Gasteiger partial charge in [0.2, 0.25) is 0 Å². The number of imidazole rings is 1. The van der Waals surface area contributed by atoms with E-state index in [1.54, 1.807) is 23.3 Å². The van der Waals surface area contributed by atoms with Crippen molar-refractivity contribution in [1.82, 2.24) is 29.5 Å². The Kier molecular flexibility index (Phi) is 4.96. The number of piperazine rings is 1. The monoisotopic (exact) mass is 384 g/mol. The SMILES string of the molecule is Cn1ccnc1C1CNCCN1C(=O)c1cnn(Cc2ccccc2Cl)c1. The van der Waals surface area contributed by atoms with Crippen molar-refractivity contribution in [2.75, 3.05) is 19.6 Å². The molecule has 4 rings (SSSR count). The van der Waals surface area contributed by atoms with Crippen LogP contribution in [0.15, 0.2) is 49.1 Å². The fourth-order valence-corrected chi connectivity index (χ4v) is 3.60. The number of nitrogens with zero attached hydrogens (tertiary/aromatic N) is 5. The fourth-order valence-electron chi connectivity index (χ4n) is 3.40. The molecule has 1 aliphatic heterocycles. The Morgan fingerprint density at radius 2 is 2.22 bits per heavy atom. The Balaban J connectivity index is 1.54. The summed E-state index contributed by atoms with van der Waals surface area (Å²) < 4.78 is 3.70. The van der Waals surface area contributed by atoms with Gasteiger partial charge in [-0.15, -0.1) is 0 Å². The molecule has 1 amide bonds. The molecule has 1 unspecified atom stereocenters. The van der Waals surface area contributed by atoms with E-state index in [2.05, 4.69) is 15.4 Å². The summed E-state index contributed by atoms with van der Waals surface area (Å²) in [5, 5.41) is 8.39. The van der Waals surface area contributed by atoms with Gasteiger partial charge in [0.25, 0.3) is 5.91 Å². The van der Waals surface area contributed by atoms with Gasteiger partial charge in [-0.05, 0) is 11.6 Å². The molecule has 1 N–H and O–H groups in total. The third kappa shape index (κ3) is 3.61. The molecule has 0 spiro atoms. The van der Waals surface area contributed by atoms with Gasteiger partial charge in [-0.25, -0.2) is 4.98 Å². The molecule has 0 aliphatic carbocycles. The van der Waals surface area contributed by atoms with Gasteiger partial charge < -0.3 is 14.8 Å². The number of benzene rings is 1. The minimum Gasteiger partial charge on any atom is -0.336 e. The van der Waals surface area contributed by atoms with Crippen molar-refractivity contribution in [2.45, 2.75) is 12.6 Å². The van der Waals surface area contributed by atoms with Crippen LogP contribution >= 0.6 is 11.6 Å². The van der Waals surface area contributed by atoms with Crippen LogP contribution in [0.25, 0.3) is 0 Å². The molecule has 1 atom stereocenters. The molecule has 1 saturated heterocycles. The lowest BCUT2D eigenvalue weighted by molar-refractivity contribution is 0.0621. The molecule has 0 bridgehead atoms. The number of amides is 1. The molecule has 1 fully saturated rings. The first kappa shape index (κ1) is 17.8. The standard InChI is InChI=1S/C19H21ClN6O/c1-24-8-7-22-18(24)17-11-21-6-9-26(17)19(27)15-10-23-25(13-15)12-14-4-2-3-5-16(14)20/h2-5,7-8,10,13,17,21H,6,9,11-12H2,1H3. The number of aryl methyl sites for hydroxylation is 1. The number of carbonyl (C=O) groups excluding carboxylic acids is 1. The molecule has 1 aromatic carbocycles. The van der Waals surface area contributed by atoms with Gasteiger partial charge in [0.1, 0.15) is 11.9 Å². The zero-order chi connectivity index (χ0) is 18.8. The minimum atomic E-state index is -0.0989. The van der Waals surface area contributed by atoms with Crippen LogP contribution < -0.4 is 5.32 Å². The lowest BCUT2D eigenvalue weighted by Gasteiger charge is -2.35. The smallest absolute Gasteiger partial charge is 0.257 e. The molecule has 2 aromatic heterocycles. The zero-order valence-corrected chi connectivity index (χ0v) is 15.8. The van der Waals surface area contributed by atoms with Gasteiger partial charge in [-0.3, -0.25) is 9.48 Å². The highest BCUT2D eigenvalue weighted by molar-refractivity contribution is 6.31. The number of carbonyl (C=O) groups is 1. The summed E-state index contributed by atoms with van der Waals surface area (Å²) in [6.45, 7) is 2.61. The lowest BCUT2D eigenvalue weighted by Crippen LogP contribution is -2.49. The molecular weight excluding hydrogens is 364 g/mol. The fraction of sp³-hybridized carbons (Fsp3) is 0.316. The Labute approximate surface area is 162 Å². The molecule has 0 radical (unpaired) electrons. The highest BCUT2D eigenvalue weighted by atomic mass is 35.5. The van der Waals surface area contributed by atoms with E-state index in [-0.39, 0.29) is 11.9 Å². The number of nitrogens with one attached hydrogen (secondary N) is 1. The molecule has 7 nitrogen and oxygen atoms in total. The van der Waals surface area contributed by atoms with E-state index >= 15 is 0 Å². The van der Waals surface area contributed by atoms with Crippen LogP contribution in [0.3, 0.4) is 0 Å². The average Bonchev–Trinajstić information content (AvgIpc) is 3.32. The molecule has 0 saturated carbocycles. The van der Waals surface area contributed by atoms with Gasteiger partial charge >= 0.3 is 0 Å². The van der Waals surface area contributed by atoms with E-state index in [1.807, 2.05) is 47.0 Å². The molecule has 1 aliphatic rings. The highest BCUT2D eigenvalue weighted by Crippen LogP contribution is 2.23. The van der Waals surface area contributed by atoms with Gasteiger partial charge in [-0.2, -0.15) is 5.10 Å². The predicted octanol–water partition coefficient (Wildman–Crippen LogP) is 2.11. The van der Waals surface area contributed by atoms with Crippen molar-refractivity contribution in [1.29, 1.82) is 0 Å². The van der Waals surface area contributed by atoms with E-state index in [0.29, 0.717) is 30.2 Å². The first-order valence-corrected chi connectivity index (χ1v) is 9.26. The third-order valence-corrected chi connectivity index (χ3v) is 5.20. The Bertz CT molecular complexity index is 949. The maximum absolute atomic E-state index is 13.1. The van der Waals surface area contributed by atoms with Crippen molar-refractivity contribution < 1.29 is 4.79 Å². The van der Waals surface area contributed by atoms with Crippen LogP contribution in [0.2, 0.25) is 5.02 Å². The first-order valence-electron chi connectivity index (χ1n) is 8.88. The van der Waals surface area contributed by atoms with Crippen LogP contribution in [-0.2, 0) is 13.6 Å². The van der Waals surface area contributed by atoms with Crippen LogP contribution in [0.5, 0.6) is 0 Å². The number of hydrogen-bond donors (Lipinski definition) is 1. The number of aromatic nitrogens is 4. The Morgan fingerprint density at radius 1 is 1.37 bits per heavy atom. The van der Waals surface area contributed by atoms with E-state index < -0.39 is 0 Å². The molecule has 140 valence electrons. The van der Waals surface area contributed by atoms with Crippen molar-refractivity contribution in [3.05, 3.63) is 71.0 Å². The van der Waals surface area contributed by atoms with Crippen LogP contribution in [0.1, 0.15) is 27.8 Å². The van der Waals surface area contributed by atoms with Gasteiger partial charge in [0.05, 0.1) is 18.3 Å². The minimum absolute atomic E-state index is 0.0325. The largest absolute Gasteiger partial charge is 0.336 e. The van der Waals surface area contributed by atoms with Gasteiger partial charge in [-0.1, -0.05) is 29.8 Å². The summed E-state index contributed by atoms with van der Waals surface area (Å²) >= 11 is 6.22. The van der Waals surface area contributed by atoms with Crippen molar-refractivity contribution in [3.8, 4) is 0 Å². The maximum atomic E-state index is 13.1. The van der Waals surface area contributed by atoms with Crippen molar-refractivity contribution in [2.24, 2.45) is 7.05 Å². The second kappa shape index (κ2) is 7.54. The number of halogens is 1. The summed E-state index contributed by atoms with van der Waals surface area (Å²) in [5.74, 6) is 0.842. The van der Waals surface area contributed by atoms with E-state index in [9.17, 15) is 4.79 Å². The van der Waals surface area contributed by atoms with E-state index in [1.165, 1.54) is 0 Å².